The van der Waals surface area contributed by atoms with E-state index in [1.165, 1.54) is 51.4 Å². The summed E-state index contributed by atoms with van der Waals surface area (Å²) >= 11 is 0. The van der Waals surface area contributed by atoms with Crippen molar-refractivity contribution >= 4 is 23.7 Å². The van der Waals surface area contributed by atoms with Crippen LogP contribution in [0.5, 0.6) is 0 Å². The molecule has 8 heteroatoms. The lowest BCUT2D eigenvalue weighted by Gasteiger charge is -2.60. The van der Waals surface area contributed by atoms with Gasteiger partial charge in [0.05, 0.1) is 23.9 Å². The lowest BCUT2D eigenvalue weighted by molar-refractivity contribution is -0.216. The largest absolute Gasteiger partial charge is 0.459 e. The minimum atomic E-state index is -0.395. The van der Waals surface area contributed by atoms with Gasteiger partial charge in [0, 0.05) is 12.8 Å². The van der Waals surface area contributed by atoms with Gasteiger partial charge < -0.3 is 19.3 Å². The third-order valence-corrected chi connectivity index (χ3v) is 24.4. The van der Waals surface area contributed by atoms with Crippen LogP contribution in [0.1, 0.15) is 211 Å². The van der Waals surface area contributed by atoms with Gasteiger partial charge >= 0.3 is 17.9 Å². The predicted molar refractivity (Wildman–Crippen MR) is 270 cm³/mol. The van der Waals surface area contributed by atoms with Gasteiger partial charge in [-0.05, 0) is 249 Å². The van der Waals surface area contributed by atoms with Crippen LogP contribution in [0.25, 0.3) is 0 Å². The number of hydrogen-bond acceptors (Lipinski definition) is 8. The second kappa shape index (κ2) is 20.0. The van der Waals surface area contributed by atoms with E-state index in [1.54, 1.807) is 0 Å². The summed E-state index contributed by atoms with van der Waals surface area (Å²) in [7, 11) is 0. The third-order valence-electron chi connectivity index (χ3n) is 24.4. The molecule has 12 fully saturated rings. The van der Waals surface area contributed by atoms with Crippen LogP contribution in [-0.4, -0.2) is 51.7 Å². The normalized spacial score (nSPS) is 47.8. The molecule has 12 rings (SSSR count). The van der Waals surface area contributed by atoms with Crippen molar-refractivity contribution in [2.75, 3.05) is 0 Å². The van der Waals surface area contributed by atoms with Crippen molar-refractivity contribution in [1.29, 1.82) is 0 Å². The van der Waals surface area contributed by atoms with Crippen LogP contribution in [-0.2, 0) is 33.4 Å². The highest BCUT2D eigenvalue weighted by atomic mass is 16.6. The molecule has 69 heavy (non-hydrogen) atoms. The molecule has 0 aromatic rings. The first-order valence-corrected chi connectivity index (χ1v) is 29.5. The molecule has 10 bridgehead atoms. The van der Waals surface area contributed by atoms with Crippen molar-refractivity contribution in [3.05, 3.63) is 0 Å². The number of carbonyl (C=O) groups excluding carboxylic acids is 4. The van der Waals surface area contributed by atoms with E-state index in [2.05, 4.69) is 76.2 Å². The van der Waals surface area contributed by atoms with Crippen LogP contribution in [0.2, 0.25) is 0 Å². The second-order valence-corrected chi connectivity index (χ2v) is 27.6. The Bertz CT molecular complexity index is 1820. The molecule has 0 spiro atoms. The minimum absolute atomic E-state index is 0.0394. The molecule has 0 radical (unpaired) electrons. The van der Waals surface area contributed by atoms with Gasteiger partial charge in [0.1, 0.15) is 22.6 Å². The fraction of sp³-hybridized carbons (Fsp3) is 0.934. The molecule has 0 aromatic heterocycles. The standard InChI is InChI=1S/C22H34O2.C20H32O3.C19H32O3/c1-4-22(17-6-14-5-15(8-17)9-18(22)7-14)24-21(23)20-11-16-10-19(20)13(3)12(16)2;1-5-20(4,15-6-8-16(21)9-7-15)23-19(22)18-11-14-10-17(18)13(3)12(14)2;1-11-12(2)16-9-13(11)10-17(16)18(21)22-19(3,4)14-5-7-15(20)8-6-14/h12-20H,4-11H2,1-3H3;12-15,17-18H,5-11H2,1-4H3;11-17,20H,5-10H2,1-4H3. The lowest BCUT2D eigenvalue weighted by Crippen LogP contribution is -2.60. The van der Waals surface area contributed by atoms with Crippen LogP contribution in [0, 0.1) is 124 Å². The number of ether oxygens (including phenoxy) is 3. The fourth-order valence-electron chi connectivity index (χ4n) is 19.2. The quantitative estimate of drug-likeness (QED) is 0.170. The number of hydrogen-bond donors (Lipinski definition) is 1. The van der Waals surface area contributed by atoms with Crippen LogP contribution in [0.4, 0.5) is 0 Å². The number of aliphatic hydroxyl groups excluding tert-OH is 1. The maximum absolute atomic E-state index is 13.2. The average Bonchev–Trinajstić information content (AvgIpc) is 4.19. The van der Waals surface area contributed by atoms with Crippen molar-refractivity contribution < 1.29 is 38.5 Å². The van der Waals surface area contributed by atoms with E-state index in [9.17, 15) is 24.3 Å². The number of carbonyl (C=O) groups is 4. The molecule has 0 heterocycles. The summed E-state index contributed by atoms with van der Waals surface area (Å²) in [5, 5.41) is 9.66. The van der Waals surface area contributed by atoms with Crippen LogP contribution in [0.15, 0.2) is 0 Å². The zero-order valence-corrected chi connectivity index (χ0v) is 45.4. The van der Waals surface area contributed by atoms with Gasteiger partial charge in [-0.1, -0.05) is 55.4 Å². The zero-order chi connectivity index (χ0) is 49.5. The number of esters is 3. The Morgan fingerprint density at radius 1 is 0.536 bits per heavy atom. The molecule has 390 valence electrons. The summed E-state index contributed by atoms with van der Waals surface area (Å²) in [6.07, 6.45) is 22.1. The van der Waals surface area contributed by atoms with Crippen molar-refractivity contribution in [3.63, 3.8) is 0 Å². The average molecular weight is 959 g/mol. The monoisotopic (exact) mass is 959 g/mol. The number of aliphatic hydroxyl groups is 1. The fourth-order valence-corrected chi connectivity index (χ4v) is 19.2. The second-order valence-electron chi connectivity index (χ2n) is 27.6. The van der Waals surface area contributed by atoms with E-state index in [0.29, 0.717) is 83.7 Å². The highest BCUT2D eigenvalue weighted by Crippen LogP contribution is 2.62. The molecule has 12 saturated carbocycles. The molecular weight excluding hydrogens is 861 g/mol. The van der Waals surface area contributed by atoms with Gasteiger partial charge in [0.15, 0.2) is 0 Å². The Morgan fingerprint density at radius 3 is 1.35 bits per heavy atom. The molecule has 12 aliphatic rings. The molecule has 0 saturated heterocycles. The summed E-state index contributed by atoms with van der Waals surface area (Å²) in [5.41, 5.74) is -0.885. The van der Waals surface area contributed by atoms with E-state index in [4.69, 9.17) is 14.2 Å². The zero-order valence-electron chi connectivity index (χ0n) is 45.4. The Kier molecular flexibility index (Phi) is 15.1. The molecule has 16 unspecified atom stereocenters. The van der Waals surface area contributed by atoms with Crippen molar-refractivity contribution in [2.45, 2.75) is 234 Å². The van der Waals surface area contributed by atoms with E-state index >= 15 is 0 Å². The Balaban J connectivity index is 0.000000129. The molecule has 0 aromatic carbocycles. The highest BCUT2D eigenvalue weighted by molar-refractivity contribution is 5.79. The number of Topliss-reactive ketones (excluding diaryl/α,β-unsaturated/α-hetero) is 1. The summed E-state index contributed by atoms with van der Waals surface area (Å²) < 4.78 is 18.7. The highest BCUT2D eigenvalue weighted by Gasteiger charge is 2.61. The van der Waals surface area contributed by atoms with Crippen LogP contribution < -0.4 is 0 Å². The lowest BCUT2D eigenvalue weighted by atomic mass is 9.49. The van der Waals surface area contributed by atoms with Crippen molar-refractivity contribution in [1.82, 2.24) is 0 Å². The summed E-state index contributed by atoms with van der Waals surface area (Å²) in [4.78, 5) is 50.3. The molecular formula is C61H98O8. The topological polar surface area (TPSA) is 116 Å². The minimum Gasteiger partial charge on any atom is -0.459 e. The molecule has 12 aliphatic carbocycles. The maximum atomic E-state index is 13.2. The Hall–Kier alpha value is -1.96. The van der Waals surface area contributed by atoms with Crippen LogP contribution >= 0.6 is 0 Å². The molecule has 0 amide bonds. The first-order valence-electron chi connectivity index (χ1n) is 29.5. The molecule has 0 aliphatic heterocycles. The van der Waals surface area contributed by atoms with Gasteiger partial charge in [-0.3, -0.25) is 19.2 Å². The first-order chi connectivity index (χ1) is 32.7. The van der Waals surface area contributed by atoms with Crippen LogP contribution in [0.3, 0.4) is 0 Å². The predicted octanol–water partition coefficient (Wildman–Crippen LogP) is 13.2. The summed E-state index contributed by atoms with van der Waals surface area (Å²) in [6.45, 7) is 24.7. The number of ketones is 1. The van der Waals surface area contributed by atoms with Gasteiger partial charge in [-0.2, -0.15) is 0 Å². The van der Waals surface area contributed by atoms with E-state index < -0.39 is 11.2 Å². The smallest absolute Gasteiger partial charge is 0.309 e. The van der Waals surface area contributed by atoms with E-state index in [0.717, 1.165) is 112 Å². The Labute approximate surface area is 418 Å². The van der Waals surface area contributed by atoms with Crippen molar-refractivity contribution in [2.24, 2.45) is 124 Å². The molecule has 1 N–H and O–H groups in total. The van der Waals surface area contributed by atoms with E-state index in [-0.39, 0.29) is 47.4 Å². The van der Waals surface area contributed by atoms with Gasteiger partial charge in [-0.25, -0.2) is 0 Å². The third kappa shape index (κ3) is 9.71. The van der Waals surface area contributed by atoms with Crippen molar-refractivity contribution in [3.8, 4) is 0 Å². The number of rotatable bonds is 10. The summed E-state index contributed by atoms with van der Waals surface area (Å²) in [5.74, 6) is 13.2. The van der Waals surface area contributed by atoms with Gasteiger partial charge in [0.25, 0.3) is 0 Å². The number of fused-ring (bicyclic) bond motifs is 6. The van der Waals surface area contributed by atoms with Gasteiger partial charge in [0.2, 0.25) is 0 Å². The van der Waals surface area contributed by atoms with Gasteiger partial charge in [-0.15, -0.1) is 0 Å². The molecule has 8 nitrogen and oxygen atoms in total. The first kappa shape index (κ1) is 51.9. The maximum Gasteiger partial charge on any atom is 0.309 e. The Morgan fingerprint density at radius 2 is 0.957 bits per heavy atom. The summed E-state index contributed by atoms with van der Waals surface area (Å²) in [6, 6.07) is 0. The van der Waals surface area contributed by atoms with E-state index in [1.807, 2.05) is 0 Å². The molecule has 16 atom stereocenters. The SMILES string of the molecule is CC1C2CC(C(=O)OC(C)(C)C3CCC(O)CC3)C(C2)C1C.CCC(C)(OC(=O)C1CC2CC1C(C)C2C)C1CCC(=O)CC1.CCC1(OC(=O)C2CC3CC2C(C)C3C)C2CC3CC(C2)CC1C3.